The van der Waals surface area contributed by atoms with Crippen molar-refractivity contribution in [1.82, 2.24) is 15.5 Å². The Labute approximate surface area is 150 Å². The number of nitrogens with zero attached hydrogens (tertiary/aromatic N) is 2. The summed E-state index contributed by atoms with van der Waals surface area (Å²) in [5, 5.41) is 6.17. The molecule has 0 aromatic carbocycles. The molecule has 6 nitrogen and oxygen atoms in total. The molecule has 1 unspecified atom stereocenters. The highest BCUT2D eigenvalue weighted by Gasteiger charge is 2.27. The fraction of sp³-hybridized carbons (Fsp3) is 0.733. The van der Waals surface area contributed by atoms with Crippen molar-refractivity contribution in [2.75, 3.05) is 26.2 Å². The summed E-state index contributed by atoms with van der Waals surface area (Å²) in [6.45, 7) is 14.3. The minimum absolute atomic E-state index is 0. The normalized spacial score (nSPS) is 18.5. The summed E-state index contributed by atoms with van der Waals surface area (Å²) in [4.78, 5) is 18.4. The maximum absolute atomic E-state index is 11.8. The number of halogens is 1. The number of carbonyl (C=O) groups excluding carboxylic acids is 1. The highest BCUT2D eigenvalue weighted by molar-refractivity contribution is 14.0. The number of likely N-dealkylation sites (tertiary alicyclic amines) is 1. The van der Waals surface area contributed by atoms with Crippen LogP contribution in [0.4, 0.5) is 4.79 Å². The molecule has 1 aliphatic rings. The van der Waals surface area contributed by atoms with Gasteiger partial charge in [-0.2, -0.15) is 0 Å². The molecule has 22 heavy (non-hydrogen) atoms. The van der Waals surface area contributed by atoms with E-state index in [4.69, 9.17) is 4.74 Å². The minimum Gasteiger partial charge on any atom is -0.444 e. The first-order chi connectivity index (χ1) is 9.85. The Morgan fingerprint density at radius 1 is 1.50 bits per heavy atom. The standard InChI is InChI=1S/C15H28N4O2.HI/c1-6-9-17-13(16-7-2)19-10-8-12(11-19)18-14(20)21-15(3,4)5;/h6,12H,1,7-11H2,2-5H3,(H,16,17)(H,18,20);1H. The van der Waals surface area contributed by atoms with Gasteiger partial charge in [-0.15, -0.1) is 30.6 Å². The Morgan fingerprint density at radius 2 is 2.18 bits per heavy atom. The van der Waals surface area contributed by atoms with Gasteiger partial charge in [-0.05, 0) is 34.1 Å². The van der Waals surface area contributed by atoms with Gasteiger partial charge in [-0.3, -0.25) is 0 Å². The fourth-order valence-corrected chi connectivity index (χ4v) is 2.12. The van der Waals surface area contributed by atoms with E-state index in [1.54, 1.807) is 6.08 Å². The number of aliphatic imine (C=N–C) groups is 1. The summed E-state index contributed by atoms with van der Waals surface area (Å²) < 4.78 is 5.28. The summed E-state index contributed by atoms with van der Waals surface area (Å²) in [5.74, 6) is 0.867. The van der Waals surface area contributed by atoms with Gasteiger partial charge >= 0.3 is 6.09 Å². The molecule has 1 amide bonds. The Morgan fingerprint density at radius 3 is 2.73 bits per heavy atom. The molecule has 0 radical (unpaired) electrons. The van der Waals surface area contributed by atoms with Gasteiger partial charge in [0.1, 0.15) is 5.60 Å². The quantitative estimate of drug-likeness (QED) is 0.315. The number of nitrogens with one attached hydrogen (secondary N) is 2. The van der Waals surface area contributed by atoms with Gasteiger partial charge in [-0.1, -0.05) is 6.08 Å². The number of carbonyl (C=O) groups is 1. The van der Waals surface area contributed by atoms with Crippen molar-refractivity contribution < 1.29 is 9.53 Å². The first-order valence-electron chi connectivity index (χ1n) is 7.49. The molecular formula is C15H29IN4O2. The van der Waals surface area contributed by atoms with Crippen molar-refractivity contribution in [2.45, 2.75) is 45.8 Å². The zero-order chi connectivity index (χ0) is 15.9. The highest BCUT2D eigenvalue weighted by atomic mass is 127. The maximum atomic E-state index is 11.8. The summed E-state index contributed by atoms with van der Waals surface area (Å²) in [6.07, 6.45) is 2.30. The minimum atomic E-state index is -0.470. The monoisotopic (exact) mass is 424 g/mol. The van der Waals surface area contributed by atoms with Crippen molar-refractivity contribution in [3.63, 3.8) is 0 Å². The van der Waals surface area contributed by atoms with Crippen LogP contribution in [0.25, 0.3) is 0 Å². The molecule has 1 rings (SSSR count). The predicted molar refractivity (Wildman–Crippen MR) is 101 cm³/mol. The smallest absolute Gasteiger partial charge is 0.407 e. The average molecular weight is 424 g/mol. The van der Waals surface area contributed by atoms with E-state index in [1.165, 1.54) is 0 Å². The van der Waals surface area contributed by atoms with Gasteiger partial charge in [0, 0.05) is 19.6 Å². The van der Waals surface area contributed by atoms with Crippen LogP contribution in [0.2, 0.25) is 0 Å². The van der Waals surface area contributed by atoms with Crippen LogP contribution in [0.3, 0.4) is 0 Å². The van der Waals surface area contributed by atoms with Crippen LogP contribution in [-0.4, -0.2) is 54.8 Å². The molecule has 0 bridgehead atoms. The second kappa shape index (κ2) is 9.91. The van der Waals surface area contributed by atoms with Crippen LogP contribution < -0.4 is 10.6 Å². The summed E-state index contributed by atoms with van der Waals surface area (Å²) in [7, 11) is 0. The second-order valence-corrected chi connectivity index (χ2v) is 6.06. The van der Waals surface area contributed by atoms with Crippen LogP contribution in [0.15, 0.2) is 17.6 Å². The first-order valence-corrected chi connectivity index (χ1v) is 7.49. The van der Waals surface area contributed by atoms with Gasteiger partial charge in [0.25, 0.3) is 0 Å². The van der Waals surface area contributed by atoms with E-state index in [9.17, 15) is 4.79 Å². The second-order valence-electron chi connectivity index (χ2n) is 6.06. The average Bonchev–Trinajstić information content (AvgIpc) is 2.80. The zero-order valence-corrected chi connectivity index (χ0v) is 16.3. The van der Waals surface area contributed by atoms with Crippen LogP contribution in [0.1, 0.15) is 34.1 Å². The van der Waals surface area contributed by atoms with Crippen molar-refractivity contribution in [1.29, 1.82) is 0 Å². The third-order valence-corrected chi connectivity index (χ3v) is 2.91. The van der Waals surface area contributed by atoms with Gasteiger partial charge in [0.15, 0.2) is 5.96 Å². The van der Waals surface area contributed by atoms with Gasteiger partial charge < -0.3 is 20.3 Å². The molecule has 0 aromatic rings. The zero-order valence-electron chi connectivity index (χ0n) is 14.0. The number of guanidine groups is 1. The van der Waals surface area contributed by atoms with E-state index in [2.05, 4.69) is 27.1 Å². The molecule has 128 valence electrons. The summed E-state index contributed by atoms with van der Waals surface area (Å²) in [5.41, 5.74) is -0.470. The summed E-state index contributed by atoms with van der Waals surface area (Å²) >= 11 is 0. The molecule has 1 heterocycles. The molecule has 2 N–H and O–H groups in total. The van der Waals surface area contributed by atoms with E-state index in [0.29, 0.717) is 6.54 Å². The Balaban J connectivity index is 0.00000441. The lowest BCUT2D eigenvalue weighted by Crippen LogP contribution is -2.44. The van der Waals surface area contributed by atoms with Crippen molar-refractivity contribution in [2.24, 2.45) is 4.99 Å². The van der Waals surface area contributed by atoms with Gasteiger partial charge in [0.05, 0.1) is 12.6 Å². The number of rotatable bonds is 4. The number of hydrogen-bond donors (Lipinski definition) is 2. The van der Waals surface area contributed by atoms with Gasteiger partial charge in [-0.25, -0.2) is 9.79 Å². The van der Waals surface area contributed by atoms with Crippen LogP contribution in [-0.2, 0) is 4.74 Å². The highest BCUT2D eigenvalue weighted by Crippen LogP contribution is 2.12. The molecule has 1 fully saturated rings. The molecule has 1 aliphatic heterocycles. The Bertz CT molecular complexity index is 393. The number of hydrogen-bond acceptors (Lipinski definition) is 3. The largest absolute Gasteiger partial charge is 0.444 e. The molecule has 0 aliphatic carbocycles. The molecular weight excluding hydrogens is 395 g/mol. The number of alkyl carbamates (subject to hydrolysis) is 1. The Kier molecular flexibility index (Phi) is 9.47. The lowest BCUT2D eigenvalue weighted by Gasteiger charge is -2.23. The van der Waals surface area contributed by atoms with Gasteiger partial charge in [0.2, 0.25) is 0 Å². The van der Waals surface area contributed by atoms with E-state index >= 15 is 0 Å². The SMILES string of the molecule is C=CCN=C(NCC)N1CCC(NC(=O)OC(C)(C)C)C1.I. The number of ether oxygens (including phenoxy) is 1. The third-order valence-electron chi connectivity index (χ3n) is 2.91. The molecule has 0 spiro atoms. The molecule has 7 heteroatoms. The number of amides is 1. The van der Waals surface area contributed by atoms with Crippen LogP contribution in [0.5, 0.6) is 0 Å². The lowest BCUT2D eigenvalue weighted by atomic mass is 10.2. The molecule has 1 saturated heterocycles. The molecule has 1 atom stereocenters. The Hall–Kier alpha value is -0.990. The van der Waals surface area contributed by atoms with E-state index < -0.39 is 5.60 Å². The van der Waals surface area contributed by atoms with E-state index in [0.717, 1.165) is 32.0 Å². The van der Waals surface area contributed by atoms with Crippen molar-refractivity contribution in [3.8, 4) is 0 Å². The topological polar surface area (TPSA) is 66.0 Å². The maximum Gasteiger partial charge on any atom is 0.407 e. The van der Waals surface area contributed by atoms with Crippen molar-refractivity contribution in [3.05, 3.63) is 12.7 Å². The van der Waals surface area contributed by atoms with Crippen LogP contribution >= 0.6 is 24.0 Å². The molecule has 0 aromatic heterocycles. The fourth-order valence-electron chi connectivity index (χ4n) is 2.12. The third kappa shape index (κ3) is 7.86. The first kappa shape index (κ1) is 21.0. The predicted octanol–water partition coefficient (Wildman–Crippen LogP) is 2.35. The molecule has 0 saturated carbocycles. The lowest BCUT2D eigenvalue weighted by molar-refractivity contribution is 0.0507. The van der Waals surface area contributed by atoms with Crippen LogP contribution in [0, 0.1) is 0 Å². The summed E-state index contributed by atoms with van der Waals surface area (Å²) in [6, 6.07) is 0.0902. The van der Waals surface area contributed by atoms with E-state index in [1.807, 2.05) is 27.7 Å². The van der Waals surface area contributed by atoms with Crippen molar-refractivity contribution >= 4 is 36.0 Å². The van der Waals surface area contributed by atoms with E-state index in [-0.39, 0.29) is 36.1 Å².